The van der Waals surface area contributed by atoms with Crippen LogP contribution in [0.15, 0.2) is 24.3 Å². The van der Waals surface area contributed by atoms with Crippen LogP contribution in [-0.2, 0) is 11.0 Å². The van der Waals surface area contributed by atoms with Gasteiger partial charge < -0.3 is 14.9 Å². The van der Waals surface area contributed by atoms with Gasteiger partial charge in [-0.3, -0.25) is 9.69 Å². The first-order chi connectivity index (χ1) is 15.4. The number of benzene rings is 1. The van der Waals surface area contributed by atoms with Gasteiger partial charge in [0.15, 0.2) is 5.82 Å². The van der Waals surface area contributed by atoms with Gasteiger partial charge in [0.25, 0.3) is 5.91 Å². The summed E-state index contributed by atoms with van der Waals surface area (Å²) < 4.78 is 67.9. The minimum atomic E-state index is -4.74. The normalized spacial score (nSPS) is 16.5. The quantitative estimate of drug-likeness (QED) is 0.511. The molecule has 178 valence electrons. The van der Waals surface area contributed by atoms with E-state index in [9.17, 15) is 36.6 Å². The van der Waals surface area contributed by atoms with Crippen LogP contribution in [0.2, 0.25) is 5.02 Å². The number of hydrogen-bond donors (Lipinski definition) is 1. The number of aliphatic hydroxyl groups excluding tert-OH is 1. The predicted octanol–water partition coefficient (Wildman–Crippen LogP) is 3.61. The number of likely N-dealkylation sites (N-methyl/N-ethyl adjacent to an activating group) is 1. The number of carbonyl (C=O) groups is 2. The van der Waals surface area contributed by atoms with E-state index in [4.69, 9.17) is 11.6 Å². The summed E-state index contributed by atoms with van der Waals surface area (Å²) in [6, 6.07) is 0.954. The number of carbonyl (C=O) groups excluding carboxylic acids is 2. The van der Waals surface area contributed by atoms with Crippen LogP contribution in [0.1, 0.15) is 11.3 Å². The third-order valence-corrected chi connectivity index (χ3v) is 5.40. The lowest BCUT2D eigenvalue weighted by Crippen LogP contribution is -2.47. The first-order valence-corrected chi connectivity index (χ1v) is 9.90. The molecule has 13 heteroatoms. The van der Waals surface area contributed by atoms with Crippen molar-refractivity contribution in [2.45, 2.75) is 19.1 Å². The number of rotatable bonds is 5. The molecule has 1 aliphatic rings. The van der Waals surface area contributed by atoms with Crippen LogP contribution in [0, 0.1) is 18.6 Å². The highest BCUT2D eigenvalue weighted by Crippen LogP contribution is 2.34. The van der Waals surface area contributed by atoms with Crippen molar-refractivity contribution in [3.63, 3.8) is 0 Å². The molecule has 0 bridgehead atoms. The number of aryl methyl sites for hydroxylation is 1. The van der Waals surface area contributed by atoms with E-state index in [0.29, 0.717) is 6.07 Å². The number of amides is 3. The maximum Gasteiger partial charge on any atom is 0.416 e. The highest BCUT2D eigenvalue weighted by Gasteiger charge is 2.45. The number of pyridine rings is 1. The fourth-order valence-electron chi connectivity index (χ4n) is 3.46. The number of alkyl halides is 3. The molecule has 1 N–H and O–H groups in total. The van der Waals surface area contributed by atoms with Crippen LogP contribution in [0.25, 0.3) is 0 Å². The Morgan fingerprint density at radius 1 is 1.30 bits per heavy atom. The van der Waals surface area contributed by atoms with E-state index in [1.165, 1.54) is 6.92 Å². The minimum Gasteiger partial charge on any atom is -0.395 e. The van der Waals surface area contributed by atoms with Gasteiger partial charge in [0.2, 0.25) is 0 Å². The molecular formula is C20H18ClF5N4O3. The van der Waals surface area contributed by atoms with Crippen molar-refractivity contribution >= 4 is 35.0 Å². The van der Waals surface area contributed by atoms with E-state index in [1.54, 1.807) is 0 Å². The number of nitrogens with zero attached hydrogens (tertiary/aromatic N) is 4. The molecule has 1 unspecified atom stereocenters. The van der Waals surface area contributed by atoms with Crippen LogP contribution in [0.5, 0.6) is 0 Å². The molecule has 0 spiro atoms. The van der Waals surface area contributed by atoms with E-state index in [1.807, 2.05) is 0 Å². The Balaban J connectivity index is 2.05. The van der Waals surface area contributed by atoms with Gasteiger partial charge >= 0.3 is 12.2 Å². The van der Waals surface area contributed by atoms with Crippen LogP contribution in [0.4, 0.5) is 38.3 Å². The maximum absolute atomic E-state index is 14.5. The zero-order valence-electron chi connectivity index (χ0n) is 17.3. The van der Waals surface area contributed by atoms with E-state index in [0.717, 1.165) is 39.9 Å². The van der Waals surface area contributed by atoms with E-state index in [-0.39, 0.29) is 18.8 Å². The second kappa shape index (κ2) is 9.10. The second-order valence-electron chi connectivity index (χ2n) is 7.28. The van der Waals surface area contributed by atoms with Crippen molar-refractivity contribution in [1.29, 1.82) is 0 Å². The van der Waals surface area contributed by atoms with E-state index in [2.05, 4.69) is 4.98 Å². The van der Waals surface area contributed by atoms with Crippen molar-refractivity contribution < 1.29 is 36.6 Å². The largest absolute Gasteiger partial charge is 0.416 e. The summed E-state index contributed by atoms with van der Waals surface area (Å²) >= 11 is 5.58. The summed E-state index contributed by atoms with van der Waals surface area (Å²) in [5.41, 5.74) is -1.52. The summed E-state index contributed by atoms with van der Waals surface area (Å²) in [7, 11) is 1.15. The third-order valence-electron chi connectivity index (χ3n) is 5.06. The Hall–Kier alpha value is -2.99. The molecule has 2 aromatic rings. The predicted molar refractivity (Wildman–Crippen MR) is 109 cm³/mol. The molecular weight excluding hydrogens is 475 g/mol. The molecule has 33 heavy (non-hydrogen) atoms. The molecule has 1 aromatic heterocycles. The molecule has 2 heterocycles. The van der Waals surface area contributed by atoms with Crippen LogP contribution >= 0.6 is 11.6 Å². The Kier molecular flexibility index (Phi) is 6.80. The molecule has 0 radical (unpaired) electrons. The molecule has 3 amide bonds. The summed E-state index contributed by atoms with van der Waals surface area (Å²) in [6.07, 6.45) is -4.74. The van der Waals surface area contributed by atoms with Gasteiger partial charge in [0.1, 0.15) is 22.7 Å². The molecule has 1 atom stereocenters. The van der Waals surface area contributed by atoms with Crippen LogP contribution < -0.4 is 9.80 Å². The Morgan fingerprint density at radius 3 is 2.58 bits per heavy atom. The lowest BCUT2D eigenvalue weighted by Gasteiger charge is -2.27. The first-order valence-electron chi connectivity index (χ1n) is 9.52. The number of aliphatic hydroxyl groups is 1. The van der Waals surface area contributed by atoms with E-state index < -0.39 is 64.5 Å². The molecule has 1 saturated heterocycles. The van der Waals surface area contributed by atoms with Gasteiger partial charge in [0, 0.05) is 19.3 Å². The zero-order valence-corrected chi connectivity index (χ0v) is 18.1. The number of β-amino-alcohol motifs (C(OH)–C–C–N with tert-alkyl or cyclic N) is 1. The fourth-order valence-corrected chi connectivity index (χ4v) is 3.62. The molecule has 1 aromatic carbocycles. The summed E-state index contributed by atoms with van der Waals surface area (Å²) in [5.74, 6) is -3.59. The first kappa shape index (κ1) is 24.6. The summed E-state index contributed by atoms with van der Waals surface area (Å²) in [6.45, 7) is 0.324. The zero-order chi connectivity index (χ0) is 24.7. The highest BCUT2D eigenvalue weighted by molar-refractivity contribution is 6.31. The Labute approximate surface area is 190 Å². The monoisotopic (exact) mass is 492 g/mol. The number of aromatic nitrogens is 1. The van der Waals surface area contributed by atoms with Crippen molar-refractivity contribution in [1.82, 2.24) is 9.88 Å². The number of halogens is 6. The van der Waals surface area contributed by atoms with Gasteiger partial charge in [-0.05, 0) is 31.2 Å². The fraction of sp³-hybridized carbons (Fsp3) is 0.350. The van der Waals surface area contributed by atoms with Crippen LogP contribution in [0.3, 0.4) is 0 Å². The number of anilines is 2. The Morgan fingerprint density at radius 2 is 1.97 bits per heavy atom. The van der Waals surface area contributed by atoms with Crippen molar-refractivity contribution in [3.05, 3.63) is 52.2 Å². The summed E-state index contributed by atoms with van der Waals surface area (Å²) in [5, 5.41) is 8.39. The molecule has 0 aliphatic carbocycles. The molecule has 0 saturated carbocycles. The minimum absolute atomic E-state index is 0.0517. The van der Waals surface area contributed by atoms with Gasteiger partial charge in [-0.1, -0.05) is 11.6 Å². The topological polar surface area (TPSA) is 77.0 Å². The molecule has 3 rings (SSSR count). The maximum atomic E-state index is 14.5. The van der Waals surface area contributed by atoms with Crippen molar-refractivity contribution in [2.75, 3.05) is 36.5 Å². The van der Waals surface area contributed by atoms with E-state index >= 15 is 0 Å². The lowest BCUT2D eigenvalue weighted by molar-refractivity contribution is -0.137. The SMILES string of the molecule is Cc1cc(C(F)(F)F)cc(N2C(=O)N(CCO)CC2C(=O)N(C)c2ccc(F)c(Cl)c2F)n1. The number of urea groups is 1. The smallest absolute Gasteiger partial charge is 0.395 e. The molecule has 7 nitrogen and oxygen atoms in total. The molecule has 1 fully saturated rings. The van der Waals surface area contributed by atoms with Gasteiger partial charge in [-0.25, -0.2) is 18.6 Å². The van der Waals surface area contributed by atoms with Crippen molar-refractivity contribution in [3.8, 4) is 0 Å². The average Bonchev–Trinajstić information content (AvgIpc) is 3.06. The summed E-state index contributed by atoms with van der Waals surface area (Å²) in [4.78, 5) is 32.7. The second-order valence-corrected chi connectivity index (χ2v) is 7.66. The highest BCUT2D eigenvalue weighted by atomic mass is 35.5. The van der Waals surface area contributed by atoms with Gasteiger partial charge in [-0.2, -0.15) is 13.2 Å². The van der Waals surface area contributed by atoms with Crippen LogP contribution in [-0.4, -0.2) is 59.7 Å². The average molecular weight is 493 g/mol. The molecule has 1 aliphatic heterocycles. The third kappa shape index (κ3) is 4.71. The van der Waals surface area contributed by atoms with Crippen molar-refractivity contribution in [2.24, 2.45) is 0 Å². The number of hydrogen-bond acceptors (Lipinski definition) is 4. The lowest BCUT2D eigenvalue weighted by atomic mass is 10.1. The van der Waals surface area contributed by atoms with Gasteiger partial charge in [-0.15, -0.1) is 0 Å². The van der Waals surface area contributed by atoms with Gasteiger partial charge in [0.05, 0.1) is 24.4 Å². The standard InChI is InChI=1S/C20H18ClF5N4O3/c1-10-7-11(20(24,25)26)8-15(27-10)30-14(9-29(5-6-31)19(30)33)18(32)28(2)13-4-3-12(22)16(21)17(13)23/h3-4,7-8,14,31H,5-6,9H2,1-2H3. The Bertz CT molecular complexity index is 1100.